The molecule has 0 unspecified atom stereocenters. The van der Waals surface area contributed by atoms with Crippen LogP contribution in [0.2, 0.25) is 0 Å². The number of rotatable bonds is 8. The number of nitrogens with zero attached hydrogens (tertiary/aromatic N) is 3. The molecule has 0 bridgehead atoms. The van der Waals surface area contributed by atoms with Gasteiger partial charge in [0.2, 0.25) is 5.91 Å². The molecule has 2 aromatic rings. The zero-order chi connectivity index (χ0) is 18.7. The molecule has 1 saturated carbocycles. The Bertz CT molecular complexity index is 813. The van der Waals surface area contributed by atoms with Gasteiger partial charge in [0.25, 0.3) is 0 Å². The number of hydrogen-bond acceptors (Lipinski definition) is 5. The molecule has 0 spiro atoms. The predicted octanol–water partition coefficient (Wildman–Crippen LogP) is 2.01. The Morgan fingerprint density at radius 1 is 1.50 bits per heavy atom. The molecule has 7 heteroatoms. The van der Waals surface area contributed by atoms with Gasteiger partial charge in [-0.15, -0.1) is 0 Å². The van der Waals surface area contributed by atoms with Crippen LogP contribution in [0, 0.1) is 25.2 Å². The van der Waals surface area contributed by atoms with Crippen LogP contribution in [0.3, 0.4) is 0 Å². The molecule has 0 saturated heterocycles. The highest BCUT2D eigenvalue weighted by Crippen LogP contribution is 2.29. The van der Waals surface area contributed by atoms with Gasteiger partial charge in [-0.1, -0.05) is 0 Å². The van der Waals surface area contributed by atoms with Crippen LogP contribution in [0.4, 0.5) is 5.82 Å². The summed E-state index contributed by atoms with van der Waals surface area (Å²) in [4.78, 5) is 14.6. The topological polar surface area (TPSA) is 94.4 Å². The van der Waals surface area contributed by atoms with E-state index in [2.05, 4.69) is 11.4 Å². The van der Waals surface area contributed by atoms with Crippen molar-refractivity contribution in [1.82, 2.24) is 9.47 Å². The molecule has 1 fully saturated rings. The maximum atomic E-state index is 12.6. The van der Waals surface area contributed by atoms with Crippen molar-refractivity contribution >= 4 is 11.7 Å². The highest BCUT2D eigenvalue weighted by atomic mass is 16.3. The summed E-state index contributed by atoms with van der Waals surface area (Å²) in [6.07, 6.45) is 3.72. The SMILES string of the molecule is Cc1c(C#N)c(NC(=O)CN(CCO)C2CC2)n(Cc2ccco2)c1C. The van der Waals surface area contributed by atoms with Gasteiger partial charge in [-0.25, -0.2) is 0 Å². The number of carbonyl (C=O) groups is 1. The largest absolute Gasteiger partial charge is 0.467 e. The van der Waals surface area contributed by atoms with E-state index in [-0.39, 0.29) is 19.1 Å². The number of nitriles is 1. The molecule has 2 heterocycles. The number of amides is 1. The zero-order valence-electron chi connectivity index (χ0n) is 15.2. The standard InChI is InChI=1S/C19H24N4O3/c1-13-14(2)23(11-16-4-3-9-26-16)19(17(13)10-20)21-18(25)12-22(7-8-24)15-5-6-15/h3-4,9,15,24H,5-8,11-12H2,1-2H3,(H,21,25). The molecule has 0 aliphatic heterocycles. The molecule has 2 N–H and O–H groups in total. The molecule has 1 aliphatic carbocycles. The molecular weight excluding hydrogens is 332 g/mol. The fraction of sp³-hybridized carbons (Fsp3) is 0.474. The Hall–Kier alpha value is -2.56. The lowest BCUT2D eigenvalue weighted by atomic mass is 10.2. The van der Waals surface area contributed by atoms with Crippen LogP contribution in [0.15, 0.2) is 22.8 Å². The van der Waals surface area contributed by atoms with Crippen molar-refractivity contribution in [2.24, 2.45) is 0 Å². The minimum Gasteiger partial charge on any atom is -0.467 e. The first-order chi connectivity index (χ1) is 12.5. The molecule has 3 rings (SSSR count). The molecule has 138 valence electrons. The van der Waals surface area contributed by atoms with Crippen LogP contribution in [0.25, 0.3) is 0 Å². The summed E-state index contributed by atoms with van der Waals surface area (Å²) >= 11 is 0. The normalized spacial score (nSPS) is 13.8. The number of aromatic nitrogens is 1. The number of hydrogen-bond donors (Lipinski definition) is 2. The first-order valence-electron chi connectivity index (χ1n) is 8.82. The summed E-state index contributed by atoms with van der Waals surface area (Å²) in [7, 11) is 0. The molecular formula is C19H24N4O3. The van der Waals surface area contributed by atoms with Gasteiger partial charge in [0.15, 0.2) is 0 Å². The van der Waals surface area contributed by atoms with E-state index in [1.807, 2.05) is 35.4 Å². The summed E-state index contributed by atoms with van der Waals surface area (Å²) in [6.45, 7) is 4.97. The third-order valence-corrected chi connectivity index (χ3v) is 4.89. The highest BCUT2D eigenvalue weighted by Gasteiger charge is 2.30. The van der Waals surface area contributed by atoms with Crippen LogP contribution in [0.5, 0.6) is 0 Å². The second kappa shape index (κ2) is 7.77. The third kappa shape index (κ3) is 3.82. The summed E-state index contributed by atoms with van der Waals surface area (Å²) in [5.41, 5.74) is 2.24. The van der Waals surface area contributed by atoms with E-state index in [4.69, 9.17) is 4.42 Å². The minimum absolute atomic E-state index is 0.0281. The lowest BCUT2D eigenvalue weighted by Crippen LogP contribution is -2.37. The summed E-state index contributed by atoms with van der Waals surface area (Å²) < 4.78 is 7.32. The zero-order valence-corrected chi connectivity index (χ0v) is 15.2. The van der Waals surface area contributed by atoms with Crippen molar-refractivity contribution in [3.8, 4) is 6.07 Å². The fourth-order valence-electron chi connectivity index (χ4n) is 3.20. The van der Waals surface area contributed by atoms with Crippen molar-refractivity contribution < 1.29 is 14.3 Å². The van der Waals surface area contributed by atoms with E-state index in [9.17, 15) is 15.2 Å². The fourth-order valence-corrected chi connectivity index (χ4v) is 3.20. The van der Waals surface area contributed by atoms with E-state index in [0.717, 1.165) is 29.9 Å². The number of aliphatic hydroxyl groups excluding tert-OH is 1. The van der Waals surface area contributed by atoms with Crippen molar-refractivity contribution in [2.75, 3.05) is 25.0 Å². The number of furan rings is 1. The van der Waals surface area contributed by atoms with Gasteiger partial charge >= 0.3 is 0 Å². The maximum absolute atomic E-state index is 12.6. The van der Waals surface area contributed by atoms with Crippen molar-refractivity contribution in [3.63, 3.8) is 0 Å². The molecule has 26 heavy (non-hydrogen) atoms. The van der Waals surface area contributed by atoms with Crippen molar-refractivity contribution in [1.29, 1.82) is 5.26 Å². The molecule has 0 radical (unpaired) electrons. The van der Waals surface area contributed by atoms with E-state index < -0.39 is 0 Å². The van der Waals surface area contributed by atoms with Crippen molar-refractivity contribution in [2.45, 2.75) is 39.3 Å². The average Bonchev–Trinajstić information content (AvgIpc) is 3.29. The summed E-state index contributed by atoms with van der Waals surface area (Å²) in [5.74, 6) is 1.08. The second-order valence-corrected chi connectivity index (χ2v) is 6.68. The Kier molecular flexibility index (Phi) is 5.45. The second-order valence-electron chi connectivity index (χ2n) is 6.68. The predicted molar refractivity (Wildman–Crippen MR) is 96.7 cm³/mol. The van der Waals surface area contributed by atoms with E-state index in [1.165, 1.54) is 0 Å². The van der Waals surface area contributed by atoms with E-state index in [1.54, 1.807) is 6.26 Å². The molecule has 7 nitrogen and oxygen atoms in total. The minimum atomic E-state index is -0.181. The average molecular weight is 356 g/mol. The Morgan fingerprint density at radius 2 is 2.27 bits per heavy atom. The first-order valence-corrected chi connectivity index (χ1v) is 8.82. The Morgan fingerprint density at radius 3 is 2.85 bits per heavy atom. The van der Waals surface area contributed by atoms with Gasteiger partial charge < -0.3 is 19.4 Å². The summed E-state index contributed by atoms with van der Waals surface area (Å²) in [6, 6.07) is 6.26. The summed E-state index contributed by atoms with van der Waals surface area (Å²) in [5, 5.41) is 21.7. The quantitative estimate of drug-likeness (QED) is 0.754. The molecule has 0 atom stereocenters. The smallest absolute Gasteiger partial charge is 0.239 e. The van der Waals surface area contributed by atoms with Crippen molar-refractivity contribution in [3.05, 3.63) is 41.0 Å². The van der Waals surface area contributed by atoms with Crippen LogP contribution >= 0.6 is 0 Å². The molecule has 1 amide bonds. The van der Waals surface area contributed by atoms with Crippen LogP contribution in [-0.2, 0) is 11.3 Å². The Labute approximate surface area is 152 Å². The lowest BCUT2D eigenvalue weighted by molar-refractivity contribution is -0.117. The number of carbonyl (C=O) groups excluding carboxylic acids is 1. The van der Waals surface area contributed by atoms with Crippen LogP contribution < -0.4 is 5.32 Å². The van der Waals surface area contributed by atoms with E-state index >= 15 is 0 Å². The van der Waals surface area contributed by atoms with Gasteiger partial charge in [-0.05, 0) is 44.4 Å². The number of aliphatic hydroxyl groups is 1. The van der Waals surface area contributed by atoms with Crippen LogP contribution in [-0.4, -0.2) is 46.2 Å². The maximum Gasteiger partial charge on any atom is 0.239 e. The third-order valence-electron chi connectivity index (χ3n) is 4.89. The van der Waals surface area contributed by atoms with Gasteiger partial charge in [0.1, 0.15) is 17.6 Å². The Balaban J connectivity index is 1.82. The highest BCUT2D eigenvalue weighted by molar-refractivity contribution is 5.93. The van der Waals surface area contributed by atoms with Gasteiger partial charge in [-0.3, -0.25) is 9.69 Å². The van der Waals surface area contributed by atoms with Gasteiger partial charge in [0, 0.05) is 18.3 Å². The monoisotopic (exact) mass is 356 g/mol. The van der Waals surface area contributed by atoms with E-state index in [0.29, 0.717) is 30.5 Å². The molecule has 1 aliphatic rings. The van der Waals surface area contributed by atoms with Gasteiger partial charge in [0.05, 0.1) is 31.5 Å². The first kappa shape index (κ1) is 18.2. The number of anilines is 1. The van der Waals surface area contributed by atoms with Crippen LogP contribution in [0.1, 0.15) is 35.4 Å². The molecule has 0 aromatic carbocycles. The lowest BCUT2D eigenvalue weighted by Gasteiger charge is -2.20. The van der Waals surface area contributed by atoms with Gasteiger partial charge in [-0.2, -0.15) is 5.26 Å². The number of nitrogens with one attached hydrogen (secondary N) is 1. The molecule has 2 aromatic heterocycles.